The van der Waals surface area contributed by atoms with Crippen LogP contribution in [-0.2, 0) is 21.9 Å². The van der Waals surface area contributed by atoms with Gasteiger partial charge in [-0.2, -0.15) is 13.2 Å². The largest absolute Gasteiger partial charge is 0.490 e. The van der Waals surface area contributed by atoms with E-state index in [1.54, 1.807) is 18.2 Å². The maximum atomic E-state index is 13.0. The number of pyridine rings is 1. The smallest absolute Gasteiger partial charge is 0.475 e. The molecule has 1 amide bonds. The molecule has 0 aliphatic carbocycles. The summed E-state index contributed by atoms with van der Waals surface area (Å²) in [6, 6.07) is 14.5. The number of carboxylic acids is 1. The number of carbonyl (C=O) groups excluding carboxylic acids is 1. The van der Waals surface area contributed by atoms with Crippen molar-refractivity contribution < 1.29 is 41.0 Å². The Morgan fingerprint density at radius 3 is 2.30 bits per heavy atom. The summed E-state index contributed by atoms with van der Waals surface area (Å²) in [6.45, 7) is 2.94. The lowest BCUT2D eigenvalue weighted by atomic mass is 10.2. The maximum absolute atomic E-state index is 13.0. The van der Waals surface area contributed by atoms with Crippen molar-refractivity contribution in [1.29, 1.82) is 0 Å². The molecule has 5 rings (SSSR count). The number of fused-ring (bicyclic) bond motifs is 1. The van der Waals surface area contributed by atoms with Gasteiger partial charge in [-0.25, -0.2) is 18.2 Å². The van der Waals surface area contributed by atoms with Crippen molar-refractivity contribution in [2.24, 2.45) is 7.05 Å². The van der Waals surface area contributed by atoms with E-state index in [0.717, 1.165) is 24.0 Å². The van der Waals surface area contributed by atoms with E-state index in [-0.39, 0.29) is 32.4 Å². The summed E-state index contributed by atoms with van der Waals surface area (Å²) in [4.78, 5) is 27.9. The summed E-state index contributed by atoms with van der Waals surface area (Å²) in [5, 5.41) is 11.6. The van der Waals surface area contributed by atoms with Crippen LogP contribution in [0.5, 0.6) is 11.6 Å². The number of hydrogen-bond donors (Lipinski definition) is 3. The van der Waals surface area contributed by atoms with E-state index in [0.29, 0.717) is 24.5 Å². The van der Waals surface area contributed by atoms with Gasteiger partial charge < -0.3 is 24.6 Å². The van der Waals surface area contributed by atoms with Crippen LogP contribution in [0.25, 0.3) is 10.9 Å². The van der Waals surface area contributed by atoms with Crippen LogP contribution < -0.4 is 14.8 Å². The normalized spacial score (nSPS) is 13.6. The molecule has 1 saturated heterocycles. The number of halogens is 5. The predicted molar refractivity (Wildman–Crippen MR) is 157 cm³/mol. The number of aromatic nitrogens is 2. The molecule has 0 saturated carbocycles. The Bertz CT molecular complexity index is 1790. The minimum Gasteiger partial charge on any atom is -0.475 e. The number of hydrogen-bond acceptors (Lipinski definition) is 7. The first-order valence-electron chi connectivity index (χ1n) is 12.7. The fraction of sp³-hybridized carbons (Fsp3) is 0.222. The van der Waals surface area contributed by atoms with Crippen molar-refractivity contribution in [3.8, 4) is 11.6 Å². The Morgan fingerprint density at radius 1 is 1.02 bits per heavy atom. The molecule has 0 bridgehead atoms. The average Bonchev–Trinajstić information content (AvgIpc) is 3.30. The number of sulfonamides is 1. The van der Waals surface area contributed by atoms with E-state index in [2.05, 4.69) is 15.0 Å². The van der Waals surface area contributed by atoms with Crippen molar-refractivity contribution in [3.05, 3.63) is 76.5 Å². The van der Waals surface area contributed by atoms with Gasteiger partial charge in [0.25, 0.3) is 15.9 Å². The fourth-order valence-electron chi connectivity index (χ4n) is 4.11. The molecule has 2 aromatic heterocycles. The van der Waals surface area contributed by atoms with E-state index in [1.807, 2.05) is 34.7 Å². The Kier molecular flexibility index (Phi) is 9.93. The van der Waals surface area contributed by atoms with Crippen LogP contribution in [0.3, 0.4) is 0 Å². The molecule has 234 valence electrons. The van der Waals surface area contributed by atoms with Crippen molar-refractivity contribution in [2.75, 3.05) is 30.9 Å². The number of alkyl halides is 3. The molecule has 1 aliphatic rings. The van der Waals surface area contributed by atoms with Crippen LogP contribution in [0, 0.1) is 0 Å². The number of carboxylic acid groups (broad SMARTS) is 1. The third kappa shape index (κ3) is 7.91. The highest BCUT2D eigenvalue weighted by Gasteiger charge is 2.38. The van der Waals surface area contributed by atoms with Crippen molar-refractivity contribution >= 4 is 61.7 Å². The second-order valence-electron chi connectivity index (χ2n) is 9.32. The number of nitrogens with one attached hydrogen (secondary N) is 2. The van der Waals surface area contributed by atoms with E-state index < -0.39 is 22.2 Å². The first-order chi connectivity index (χ1) is 20.7. The molecule has 3 N–H and O–H groups in total. The molecule has 0 radical (unpaired) electrons. The van der Waals surface area contributed by atoms with E-state index in [9.17, 15) is 26.4 Å². The summed E-state index contributed by atoms with van der Waals surface area (Å²) in [6.07, 6.45) is -3.73. The third-order valence-electron chi connectivity index (χ3n) is 6.29. The monoisotopic (exact) mass is 673 g/mol. The van der Waals surface area contributed by atoms with Gasteiger partial charge in [0.2, 0.25) is 5.88 Å². The fourth-order valence-corrected chi connectivity index (χ4v) is 5.54. The highest BCUT2D eigenvalue weighted by Crippen LogP contribution is 2.29. The number of benzene rings is 2. The van der Waals surface area contributed by atoms with Crippen LogP contribution in [0.1, 0.15) is 10.5 Å². The number of piperazine rings is 1. The molecule has 2 aromatic carbocycles. The minimum absolute atomic E-state index is 0.00301. The zero-order valence-electron chi connectivity index (χ0n) is 22.7. The van der Waals surface area contributed by atoms with Crippen LogP contribution in [-0.4, -0.2) is 72.2 Å². The molecule has 1 aliphatic heterocycles. The van der Waals surface area contributed by atoms with E-state index >= 15 is 0 Å². The van der Waals surface area contributed by atoms with Crippen LogP contribution in [0.2, 0.25) is 10.0 Å². The first kappa shape index (κ1) is 32.9. The van der Waals surface area contributed by atoms with Gasteiger partial charge in [-0.05, 0) is 48.5 Å². The molecule has 0 spiro atoms. The zero-order valence-corrected chi connectivity index (χ0v) is 25.1. The molecular formula is C27H24Cl2F3N5O6S. The Balaban J connectivity index is 0.000000566. The number of carbonyl (C=O) groups is 2. The highest BCUT2D eigenvalue weighted by molar-refractivity contribution is 7.92. The summed E-state index contributed by atoms with van der Waals surface area (Å²) < 4.78 is 67.2. The molecule has 3 heterocycles. The number of aliphatic carboxylic acids is 1. The Hall–Kier alpha value is -4.05. The molecular weight excluding hydrogens is 650 g/mol. The lowest BCUT2D eigenvalue weighted by Gasteiger charge is -2.27. The van der Waals surface area contributed by atoms with Gasteiger partial charge in [0, 0.05) is 50.2 Å². The molecule has 0 unspecified atom stereocenters. The number of amides is 1. The molecule has 44 heavy (non-hydrogen) atoms. The van der Waals surface area contributed by atoms with Gasteiger partial charge in [0.05, 0.1) is 26.8 Å². The third-order valence-corrected chi connectivity index (χ3v) is 8.41. The Morgan fingerprint density at radius 2 is 1.70 bits per heavy atom. The number of nitrogens with zero attached hydrogens (tertiary/aromatic N) is 3. The van der Waals surface area contributed by atoms with Crippen LogP contribution in [0.4, 0.5) is 18.9 Å². The lowest BCUT2D eigenvalue weighted by molar-refractivity contribution is -0.192. The van der Waals surface area contributed by atoms with E-state index in [4.69, 9.17) is 37.8 Å². The SMILES string of the molecule is Cn1c(C(=O)N2CCNCC2)cc2cc(Oc3ccc(NS(=O)(=O)c4ccc(Cl)c(Cl)c4)cn3)ccc21.O=C(O)C(F)(F)F. The first-order valence-corrected chi connectivity index (χ1v) is 14.9. The number of ether oxygens (including phenoxy) is 1. The number of anilines is 1. The zero-order chi connectivity index (χ0) is 32.2. The van der Waals surface area contributed by atoms with Crippen molar-refractivity contribution in [3.63, 3.8) is 0 Å². The van der Waals surface area contributed by atoms with Gasteiger partial charge >= 0.3 is 12.1 Å². The quantitative estimate of drug-likeness (QED) is 0.255. The number of aryl methyl sites for hydroxylation is 1. The summed E-state index contributed by atoms with van der Waals surface area (Å²) in [7, 11) is -2.00. The summed E-state index contributed by atoms with van der Waals surface area (Å²) >= 11 is 11.8. The molecule has 4 aromatic rings. The van der Waals surface area contributed by atoms with Gasteiger partial charge in [-0.1, -0.05) is 23.2 Å². The van der Waals surface area contributed by atoms with Crippen molar-refractivity contribution in [2.45, 2.75) is 11.1 Å². The summed E-state index contributed by atoms with van der Waals surface area (Å²) in [5.74, 6) is -1.93. The molecule has 0 atom stereocenters. The maximum Gasteiger partial charge on any atom is 0.490 e. The molecule has 1 fully saturated rings. The second kappa shape index (κ2) is 13.3. The van der Waals surface area contributed by atoms with Crippen molar-refractivity contribution in [1.82, 2.24) is 19.8 Å². The van der Waals surface area contributed by atoms with Gasteiger partial charge in [0.1, 0.15) is 11.4 Å². The Labute approximate surface area is 259 Å². The van der Waals surface area contributed by atoms with Crippen LogP contribution >= 0.6 is 23.2 Å². The predicted octanol–water partition coefficient (Wildman–Crippen LogP) is 5.15. The highest BCUT2D eigenvalue weighted by atomic mass is 35.5. The van der Waals surface area contributed by atoms with Gasteiger partial charge in [-0.15, -0.1) is 0 Å². The lowest BCUT2D eigenvalue weighted by Crippen LogP contribution is -2.46. The average molecular weight is 674 g/mol. The second-order valence-corrected chi connectivity index (χ2v) is 11.8. The standard InChI is InChI=1S/C25H23Cl2N5O4S.C2HF3O2/c1-31-22-6-3-18(12-16(22)13-23(31)25(33)32-10-8-28-9-11-32)36-24-7-2-17(15-29-24)30-37(34,35)19-4-5-20(26)21(27)14-19;3-2(4,5)1(6)7/h2-7,12-15,28,30H,8-11H2,1H3;(H,6,7). The number of rotatable bonds is 6. The molecule has 11 nitrogen and oxygen atoms in total. The topological polar surface area (TPSA) is 143 Å². The molecule has 17 heteroatoms. The van der Waals surface area contributed by atoms with E-state index in [1.165, 1.54) is 24.4 Å². The van der Waals surface area contributed by atoms with Crippen LogP contribution in [0.15, 0.2) is 65.7 Å². The van der Waals surface area contributed by atoms with Gasteiger partial charge in [0.15, 0.2) is 0 Å². The van der Waals surface area contributed by atoms with Gasteiger partial charge in [-0.3, -0.25) is 9.52 Å². The minimum atomic E-state index is -5.08. The summed E-state index contributed by atoms with van der Waals surface area (Å²) in [5.41, 5.74) is 1.78.